The van der Waals surface area contributed by atoms with Gasteiger partial charge in [-0.3, -0.25) is 14.4 Å². The Bertz CT molecular complexity index is 535. The molecular weight excluding hydrogens is 326 g/mol. The molecule has 142 valence electrons. The van der Waals surface area contributed by atoms with Crippen LogP contribution in [0.1, 0.15) is 63.3 Å². The summed E-state index contributed by atoms with van der Waals surface area (Å²) in [6.45, 7) is 8.10. The minimum absolute atomic E-state index is 0.0417. The van der Waals surface area contributed by atoms with Crippen molar-refractivity contribution in [1.29, 1.82) is 0 Å². The number of methoxy groups -OCH3 is 1. The Hall–Kier alpha value is -2.22. The minimum atomic E-state index is -0.315. The standard InChI is InChI=1S/C12H17N3O4.C5H12O/c1-9(17)12-14-6-10(15-12)7-19-11(18)4-2-3-5-13-8-16;1-5(2,3)6-4/h6,8H,2-5,7H2,1H3,(H,13,16)(H,14,15);1-4H3. The van der Waals surface area contributed by atoms with Gasteiger partial charge >= 0.3 is 5.97 Å². The van der Waals surface area contributed by atoms with Crippen LogP contribution in [0, 0.1) is 0 Å². The summed E-state index contributed by atoms with van der Waals surface area (Å²) in [6, 6.07) is 0. The van der Waals surface area contributed by atoms with E-state index in [-0.39, 0.29) is 29.8 Å². The average molecular weight is 355 g/mol. The number of nitrogens with zero attached hydrogens (tertiary/aromatic N) is 1. The van der Waals surface area contributed by atoms with Gasteiger partial charge in [0.15, 0.2) is 11.6 Å². The number of H-pyrrole nitrogens is 1. The summed E-state index contributed by atoms with van der Waals surface area (Å²) >= 11 is 0. The maximum Gasteiger partial charge on any atom is 0.306 e. The molecule has 0 saturated heterocycles. The third kappa shape index (κ3) is 12.8. The number of Topliss-reactive ketones (excluding diaryl/α,β-unsaturated/α-hetero) is 1. The normalized spacial score (nSPS) is 10.4. The van der Waals surface area contributed by atoms with E-state index in [0.717, 1.165) is 6.42 Å². The molecule has 0 aromatic carbocycles. The van der Waals surface area contributed by atoms with Crippen molar-refractivity contribution in [3.8, 4) is 0 Å². The average Bonchev–Trinajstić information content (AvgIpc) is 3.02. The van der Waals surface area contributed by atoms with Gasteiger partial charge in [-0.2, -0.15) is 0 Å². The van der Waals surface area contributed by atoms with Crippen LogP contribution in [-0.2, 0) is 25.7 Å². The molecule has 8 nitrogen and oxygen atoms in total. The fourth-order valence-corrected chi connectivity index (χ4v) is 1.40. The molecule has 0 aliphatic rings. The van der Waals surface area contributed by atoms with Crippen LogP contribution in [0.15, 0.2) is 6.20 Å². The molecule has 0 aliphatic carbocycles. The highest BCUT2D eigenvalue weighted by molar-refractivity contribution is 5.90. The first-order chi connectivity index (χ1) is 11.7. The summed E-state index contributed by atoms with van der Waals surface area (Å²) in [5, 5.41) is 2.52. The van der Waals surface area contributed by atoms with Crippen LogP contribution < -0.4 is 5.32 Å². The number of ether oxygens (including phenoxy) is 2. The van der Waals surface area contributed by atoms with Gasteiger partial charge in [0.1, 0.15) is 6.61 Å². The molecule has 0 fully saturated rings. The number of amides is 1. The number of hydrogen-bond acceptors (Lipinski definition) is 6. The number of unbranched alkanes of at least 4 members (excludes halogenated alkanes) is 1. The molecule has 0 radical (unpaired) electrons. The van der Waals surface area contributed by atoms with Crippen LogP contribution in [0.2, 0.25) is 0 Å². The third-order valence-corrected chi connectivity index (χ3v) is 3.00. The Morgan fingerprint density at radius 2 is 1.96 bits per heavy atom. The van der Waals surface area contributed by atoms with Crippen molar-refractivity contribution in [3.63, 3.8) is 0 Å². The molecule has 1 aromatic rings. The smallest absolute Gasteiger partial charge is 0.306 e. The van der Waals surface area contributed by atoms with Gasteiger partial charge in [0.25, 0.3) is 0 Å². The number of carbonyl (C=O) groups excluding carboxylic acids is 3. The van der Waals surface area contributed by atoms with Crippen molar-refractivity contribution >= 4 is 18.2 Å². The third-order valence-electron chi connectivity index (χ3n) is 3.00. The second-order valence-corrected chi connectivity index (χ2v) is 6.32. The zero-order chi connectivity index (χ0) is 19.3. The number of carbonyl (C=O) groups is 3. The number of aromatic nitrogens is 2. The number of aromatic amines is 1. The molecule has 1 aromatic heterocycles. The van der Waals surface area contributed by atoms with Crippen molar-refractivity contribution in [2.45, 2.75) is 59.2 Å². The number of ketones is 1. The van der Waals surface area contributed by atoms with Crippen LogP contribution in [0.3, 0.4) is 0 Å². The number of esters is 1. The van der Waals surface area contributed by atoms with Crippen molar-refractivity contribution in [2.24, 2.45) is 0 Å². The van der Waals surface area contributed by atoms with E-state index >= 15 is 0 Å². The van der Waals surface area contributed by atoms with Crippen molar-refractivity contribution in [2.75, 3.05) is 13.7 Å². The molecular formula is C17H29N3O5. The number of rotatable bonds is 9. The monoisotopic (exact) mass is 355 g/mol. The lowest BCUT2D eigenvalue weighted by Crippen LogP contribution is -2.15. The fraction of sp³-hybridized carbons (Fsp3) is 0.647. The SMILES string of the molecule is CC(=O)c1ncc(COC(=O)CCCCNC=O)[nH]1.COC(C)(C)C. The summed E-state index contributed by atoms with van der Waals surface area (Å²) < 4.78 is 9.95. The van der Waals surface area contributed by atoms with Gasteiger partial charge < -0.3 is 19.8 Å². The van der Waals surface area contributed by atoms with Crippen molar-refractivity contribution in [1.82, 2.24) is 15.3 Å². The second-order valence-electron chi connectivity index (χ2n) is 6.32. The molecule has 1 amide bonds. The second kappa shape index (κ2) is 12.2. The largest absolute Gasteiger partial charge is 0.459 e. The lowest BCUT2D eigenvalue weighted by atomic mass is 10.2. The summed E-state index contributed by atoms with van der Waals surface area (Å²) in [7, 11) is 1.71. The van der Waals surface area contributed by atoms with E-state index in [9.17, 15) is 14.4 Å². The lowest BCUT2D eigenvalue weighted by Gasteiger charge is -2.14. The summed E-state index contributed by atoms with van der Waals surface area (Å²) in [5.74, 6) is -0.226. The molecule has 0 atom stereocenters. The Morgan fingerprint density at radius 1 is 1.32 bits per heavy atom. The van der Waals surface area contributed by atoms with Crippen LogP contribution in [0.5, 0.6) is 0 Å². The van der Waals surface area contributed by atoms with Gasteiger partial charge in [-0.15, -0.1) is 0 Å². The van der Waals surface area contributed by atoms with E-state index < -0.39 is 0 Å². The van der Waals surface area contributed by atoms with Crippen molar-refractivity contribution in [3.05, 3.63) is 17.7 Å². The van der Waals surface area contributed by atoms with Crippen LogP contribution in [-0.4, -0.2) is 47.4 Å². The molecule has 1 rings (SSSR count). The van der Waals surface area contributed by atoms with E-state index in [4.69, 9.17) is 9.47 Å². The predicted molar refractivity (Wildman–Crippen MR) is 93.1 cm³/mol. The van der Waals surface area contributed by atoms with Crippen LogP contribution in [0.4, 0.5) is 0 Å². The predicted octanol–water partition coefficient (Wildman–Crippen LogP) is 2.00. The Kier molecular flexibility index (Phi) is 11.1. The van der Waals surface area contributed by atoms with E-state index in [1.807, 2.05) is 20.8 Å². The Morgan fingerprint density at radius 3 is 2.44 bits per heavy atom. The molecule has 1 heterocycles. The van der Waals surface area contributed by atoms with Gasteiger partial charge in [-0.05, 0) is 33.6 Å². The first-order valence-corrected chi connectivity index (χ1v) is 8.12. The first kappa shape index (κ1) is 22.8. The molecule has 25 heavy (non-hydrogen) atoms. The van der Waals surface area contributed by atoms with Gasteiger partial charge in [0, 0.05) is 27.0 Å². The van der Waals surface area contributed by atoms with Crippen molar-refractivity contribution < 1.29 is 23.9 Å². The highest BCUT2D eigenvalue weighted by Gasteiger charge is 2.07. The Labute approximate surface area is 148 Å². The molecule has 0 aliphatic heterocycles. The van der Waals surface area contributed by atoms with E-state index in [0.29, 0.717) is 31.5 Å². The Balaban J connectivity index is 0.000000823. The van der Waals surface area contributed by atoms with Crippen LogP contribution >= 0.6 is 0 Å². The highest BCUT2D eigenvalue weighted by atomic mass is 16.5. The van der Waals surface area contributed by atoms with E-state index in [2.05, 4.69) is 15.3 Å². The van der Waals surface area contributed by atoms with E-state index in [1.54, 1.807) is 7.11 Å². The molecule has 8 heteroatoms. The molecule has 0 bridgehead atoms. The van der Waals surface area contributed by atoms with Gasteiger partial charge in [-0.25, -0.2) is 4.98 Å². The summed E-state index contributed by atoms with van der Waals surface area (Å²) in [6.07, 6.45) is 3.78. The highest BCUT2D eigenvalue weighted by Crippen LogP contribution is 2.03. The van der Waals surface area contributed by atoms with Gasteiger partial charge in [-0.1, -0.05) is 0 Å². The number of imidazole rings is 1. The molecule has 0 saturated carbocycles. The summed E-state index contributed by atoms with van der Waals surface area (Å²) in [5.41, 5.74) is 0.626. The van der Waals surface area contributed by atoms with Crippen LogP contribution in [0.25, 0.3) is 0 Å². The van der Waals surface area contributed by atoms with Gasteiger partial charge in [0.2, 0.25) is 6.41 Å². The first-order valence-electron chi connectivity index (χ1n) is 8.12. The zero-order valence-corrected chi connectivity index (χ0v) is 15.7. The summed E-state index contributed by atoms with van der Waals surface area (Å²) in [4.78, 5) is 39.0. The lowest BCUT2D eigenvalue weighted by molar-refractivity contribution is -0.145. The van der Waals surface area contributed by atoms with E-state index in [1.165, 1.54) is 13.1 Å². The molecule has 0 unspecified atom stereocenters. The zero-order valence-electron chi connectivity index (χ0n) is 15.7. The topological polar surface area (TPSA) is 110 Å². The fourth-order valence-electron chi connectivity index (χ4n) is 1.40. The maximum absolute atomic E-state index is 11.4. The number of nitrogens with one attached hydrogen (secondary N) is 2. The van der Waals surface area contributed by atoms with Gasteiger partial charge in [0.05, 0.1) is 17.5 Å². The minimum Gasteiger partial charge on any atom is -0.459 e. The number of hydrogen-bond donors (Lipinski definition) is 2. The maximum atomic E-state index is 11.4. The molecule has 2 N–H and O–H groups in total. The quantitative estimate of drug-likeness (QED) is 0.303. The molecule has 0 spiro atoms.